The Balaban J connectivity index is 1.53. The van der Waals surface area contributed by atoms with Crippen LogP contribution in [0.3, 0.4) is 0 Å². The summed E-state index contributed by atoms with van der Waals surface area (Å²) in [6.45, 7) is 2.13. The quantitative estimate of drug-likeness (QED) is 0.694. The first-order valence-corrected chi connectivity index (χ1v) is 10.4. The smallest absolute Gasteiger partial charge is 0.242 e. The van der Waals surface area contributed by atoms with Crippen LogP contribution < -0.4 is 10.7 Å². The van der Waals surface area contributed by atoms with E-state index in [1.165, 1.54) is 12.1 Å². The molecule has 2 N–H and O–H groups in total. The predicted molar refractivity (Wildman–Crippen MR) is 105 cm³/mol. The van der Waals surface area contributed by atoms with Gasteiger partial charge in [0.05, 0.1) is 6.61 Å². The van der Waals surface area contributed by atoms with Gasteiger partial charge in [-0.2, -0.15) is 0 Å². The molecule has 3 fully saturated rings. The number of methoxy groups -OCH3 is 1. The third-order valence-electron chi connectivity index (χ3n) is 6.37. The molecule has 2 amide bonds. The summed E-state index contributed by atoms with van der Waals surface area (Å²) < 4.78 is 18.7. The van der Waals surface area contributed by atoms with Crippen LogP contribution in [0.15, 0.2) is 24.3 Å². The van der Waals surface area contributed by atoms with Gasteiger partial charge in [-0.1, -0.05) is 12.1 Å². The summed E-state index contributed by atoms with van der Waals surface area (Å²) in [7, 11) is 1.61. The van der Waals surface area contributed by atoms with Crippen molar-refractivity contribution in [2.45, 2.75) is 50.4 Å². The molecule has 0 bridgehead atoms. The Hall–Kier alpha value is -2.03. The van der Waals surface area contributed by atoms with Crippen LogP contribution in [-0.4, -0.2) is 66.7 Å². The molecule has 2 aliphatic heterocycles. The zero-order valence-electron chi connectivity index (χ0n) is 16.8. The number of hydrazine groups is 1. The maximum atomic E-state index is 13.7. The van der Waals surface area contributed by atoms with Crippen molar-refractivity contribution < 1.29 is 18.7 Å². The fourth-order valence-electron chi connectivity index (χ4n) is 5.00. The summed E-state index contributed by atoms with van der Waals surface area (Å²) in [5.74, 6) is -0.335. The van der Waals surface area contributed by atoms with E-state index < -0.39 is 0 Å². The lowest BCUT2D eigenvalue weighted by atomic mass is 9.78. The summed E-state index contributed by atoms with van der Waals surface area (Å²) in [6, 6.07) is 6.36. The molecule has 158 valence electrons. The highest BCUT2D eigenvalue weighted by Crippen LogP contribution is 2.38. The van der Waals surface area contributed by atoms with Crippen molar-refractivity contribution in [1.29, 1.82) is 0 Å². The maximum absolute atomic E-state index is 13.7. The second-order valence-corrected chi connectivity index (χ2v) is 8.14. The van der Waals surface area contributed by atoms with Gasteiger partial charge in [0.15, 0.2) is 0 Å². The normalized spacial score (nSPS) is 29.4. The van der Waals surface area contributed by atoms with Crippen molar-refractivity contribution in [3.63, 3.8) is 0 Å². The number of hydrogen-bond donors (Lipinski definition) is 2. The minimum Gasteiger partial charge on any atom is -0.383 e. The van der Waals surface area contributed by atoms with E-state index in [2.05, 4.69) is 15.8 Å². The van der Waals surface area contributed by atoms with Crippen molar-refractivity contribution in [2.75, 3.05) is 26.8 Å². The summed E-state index contributed by atoms with van der Waals surface area (Å²) in [5.41, 5.74) is 4.16. The zero-order chi connectivity index (χ0) is 20.4. The average Bonchev–Trinajstić information content (AvgIpc) is 3.21. The first-order valence-electron chi connectivity index (χ1n) is 10.4. The molecule has 1 aromatic rings. The lowest BCUT2D eigenvalue weighted by Crippen LogP contribution is -2.68. The number of hydrogen-bond acceptors (Lipinski definition) is 5. The molecule has 29 heavy (non-hydrogen) atoms. The molecule has 7 nitrogen and oxygen atoms in total. The third-order valence-corrected chi connectivity index (χ3v) is 6.37. The second kappa shape index (κ2) is 8.77. The third kappa shape index (κ3) is 4.15. The van der Waals surface area contributed by atoms with Crippen molar-refractivity contribution in [3.8, 4) is 0 Å². The first kappa shape index (κ1) is 20.3. The molecule has 1 aromatic carbocycles. The molecular formula is C21H29FN4O3. The van der Waals surface area contributed by atoms with Crippen molar-refractivity contribution in [3.05, 3.63) is 35.6 Å². The number of piperazine rings is 1. The van der Waals surface area contributed by atoms with Crippen LogP contribution in [0.4, 0.5) is 4.39 Å². The number of nitrogens with one attached hydrogen (secondary N) is 2. The Kier molecular flexibility index (Phi) is 6.12. The van der Waals surface area contributed by atoms with Crippen LogP contribution in [0.5, 0.6) is 0 Å². The van der Waals surface area contributed by atoms with Crippen LogP contribution in [0.2, 0.25) is 0 Å². The van der Waals surface area contributed by atoms with Gasteiger partial charge in [0.1, 0.15) is 11.9 Å². The Labute approximate surface area is 170 Å². The van der Waals surface area contributed by atoms with E-state index in [9.17, 15) is 14.0 Å². The fourth-order valence-corrected chi connectivity index (χ4v) is 5.00. The Morgan fingerprint density at radius 2 is 2.17 bits per heavy atom. The number of halogens is 1. The van der Waals surface area contributed by atoms with Crippen LogP contribution >= 0.6 is 0 Å². The number of fused-ring (bicyclic) bond motifs is 3. The second-order valence-electron chi connectivity index (χ2n) is 8.14. The number of benzene rings is 1. The van der Waals surface area contributed by atoms with Crippen LogP contribution in [0.1, 0.15) is 31.2 Å². The molecule has 1 saturated carbocycles. The molecule has 0 radical (unpaired) electrons. The molecule has 0 spiro atoms. The summed E-state index contributed by atoms with van der Waals surface area (Å²) in [5, 5.41) is 5.05. The van der Waals surface area contributed by atoms with Crippen LogP contribution in [0, 0.1) is 11.7 Å². The average molecular weight is 404 g/mol. The number of nitrogens with zero attached hydrogens (tertiary/aromatic N) is 2. The molecule has 2 saturated heterocycles. The summed E-state index contributed by atoms with van der Waals surface area (Å²) >= 11 is 0. The standard InChI is InChI=1S/C21H29FN4O3/c1-29-10-9-23-20(27)15-5-6-17-19(12-15)25(13-14-3-2-4-16(22)11-14)21(28)18-7-8-24-26(17)18/h2-4,11,15,17-19,24H,5-10,12-13H2,1H3,(H,23,27). The molecular weight excluding hydrogens is 375 g/mol. The van der Waals surface area contributed by atoms with Crippen LogP contribution in [0.25, 0.3) is 0 Å². The van der Waals surface area contributed by atoms with Gasteiger partial charge in [-0.25, -0.2) is 9.40 Å². The van der Waals surface area contributed by atoms with Gasteiger partial charge in [-0.05, 0) is 43.4 Å². The van der Waals surface area contributed by atoms with E-state index in [-0.39, 0.29) is 41.7 Å². The van der Waals surface area contributed by atoms with Gasteiger partial charge in [0.25, 0.3) is 0 Å². The van der Waals surface area contributed by atoms with E-state index >= 15 is 0 Å². The van der Waals surface area contributed by atoms with Crippen molar-refractivity contribution in [1.82, 2.24) is 20.7 Å². The predicted octanol–water partition coefficient (Wildman–Crippen LogP) is 1.05. The van der Waals surface area contributed by atoms with Crippen molar-refractivity contribution >= 4 is 11.8 Å². The Bertz CT molecular complexity index is 761. The van der Waals surface area contributed by atoms with E-state index in [0.29, 0.717) is 26.1 Å². The van der Waals surface area contributed by atoms with Gasteiger partial charge >= 0.3 is 0 Å². The molecule has 1 aliphatic carbocycles. The molecule has 3 aliphatic rings. The van der Waals surface area contributed by atoms with E-state index in [4.69, 9.17) is 4.74 Å². The SMILES string of the molecule is COCCNC(=O)C1CCC2C(C1)N(Cc1cccc(F)c1)C(=O)C1CCNN12. The Morgan fingerprint density at radius 3 is 2.97 bits per heavy atom. The highest BCUT2D eigenvalue weighted by atomic mass is 19.1. The number of amides is 2. The van der Waals surface area contributed by atoms with E-state index in [1.807, 2.05) is 11.0 Å². The topological polar surface area (TPSA) is 73.9 Å². The number of carbonyl (C=O) groups is 2. The monoisotopic (exact) mass is 404 g/mol. The minimum atomic E-state index is -0.299. The lowest BCUT2D eigenvalue weighted by molar-refractivity contribution is -0.157. The fraction of sp³-hybridized carbons (Fsp3) is 0.619. The molecule has 4 rings (SSSR count). The molecule has 0 aromatic heterocycles. The molecule has 2 heterocycles. The van der Waals surface area contributed by atoms with Gasteiger partial charge in [-0.3, -0.25) is 15.0 Å². The number of rotatable bonds is 6. The highest BCUT2D eigenvalue weighted by molar-refractivity contribution is 5.84. The van der Waals surface area contributed by atoms with Gasteiger partial charge in [0.2, 0.25) is 11.8 Å². The van der Waals surface area contributed by atoms with Gasteiger partial charge in [0, 0.05) is 44.7 Å². The molecule has 8 heteroatoms. The molecule has 4 atom stereocenters. The largest absolute Gasteiger partial charge is 0.383 e. The van der Waals surface area contributed by atoms with E-state index in [0.717, 1.165) is 31.4 Å². The van der Waals surface area contributed by atoms with Gasteiger partial charge in [-0.15, -0.1) is 0 Å². The van der Waals surface area contributed by atoms with E-state index in [1.54, 1.807) is 13.2 Å². The van der Waals surface area contributed by atoms with Crippen molar-refractivity contribution in [2.24, 2.45) is 5.92 Å². The number of carbonyl (C=O) groups excluding carboxylic acids is 2. The lowest BCUT2D eigenvalue weighted by Gasteiger charge is -2.51. The minimum absolute atomic E-state index is 0.0233. The summed E-state index contributed by atoms with van der Waals surface area (Å²) in [4.78, 5) is 27.8. The zero-order valence-corrected chi connectivity index (χ0v) is 16.8. The molecule has 4 unspecified atom stereocenters. The van der Waals surface area contributed by atoms with Crippen LogP contribution in [-0.2, 0) is 20.9 Å². The van der Waals surface area contributed by atoms with Gasteiger partial charge < -0.3 is 15.0 Å². The maximum Gasteiger partial charge on any atom is 0.242 e. The number of ether oxygens (including phenoxy) is 1. The first-order chi connectivity index (χ1) is 14.1. The Morgan fingerprint density at radius 1 is 1.31 bits per heavy atom. The highest BCUT2D eigenvalue weighted by Gasteiger charge is 2.51. The summed E-state index contributed by atoms with van der Waals surface area (Å²) in [6.07, 6.45) is 3.05.